The second-order valence-corrected chi connectivity index (χ2v) is 10.4. The standard InChI is InChI=1S/C25H31N3OS.2ClH/c1-16(2)19-8-6-7-17-15-22(29-23(17)19)25(3,26)18-11-13-28(14-12-18)24-27-20-9-4-5-10-21(20)30-24;;/h4-10,16,18,22H,11-15,26H2,1-3H3;2*1H. The maximum absolute atomic E-state index is 6.99. The predicted octanol–water partition coefficient (Wildman–Crippen LogP) is 6.20. The molecule has 174 valence electrons. The third-order valence-corrected chi connectivity index (χ3v) is 8.13. The van der Waals surface area contributed by atoms with Gasteiger partial charge in [0.25, 0.3) is 0 Å². The van der Waals surface area contributed by atoms with Crippen LogP contribution in [-0.4, -0.2) is 29.7 Å². The number of hydrogen-bond donors (Lipinski definition) is 1. The van der Waals surface area contributed by atoms with E-state index in [1.54, 1.807) is 11.3 Å². The van der Waals surface area contributed by atoms with E-state index in [2.05, 4.69) is 68.1 Å². The Balaban J connectivity index is 0.00000144. The number of benzene rings is 2. The molecule has 1 saturated heterocycles. The van der Waals surface area contributed by atoms with E-state index in [1.807, 2.05) is 0 Å². The Morgan fingerprint density at radius 2 is 1.81 bits per heavy atom. The summed E-state index contributed by atoms with van der Waals surface area (Å²) in [4.78, 5) is 7.27. The van der Waals surface area contributed by atoms with Gasteiger partial charge in [-0.3, -0.25) is 0 Å². The first kappa shape index (κ1) is 25.1. The van der Waals surface area contributed by atoms with Gasteiger partial charge in [0.05, 0.1) is 15.8 Å². The van der Waals surface area contributed by atoms with Crippen LogP contribution in [0.5, 0.6) is 5.75 Å². The quantitative estimate of drug-likeness (QED) is 0.469. The fraction of sp³-hybridized carbons (Fsp3) is 0.480. The van der Waals surface area contributed by atoms with Crippen molar-refractivity contribution in [2.45, 2.75) is 57.6 Å². The average Bonchev–Trinajstić information content (AvgIpc) is 3.38. The Labute approximate surface area is 207 Å². The van der Waals surface area contributed by atoms with Gasteiger partial charge in [-0.05, 0) is 54.9 Å². The van der Waals surface area contributed by atoms with Gasteiger partial charge in [0.15, 0.2) is 5.13 Å². The molecule has 0 aliphatic carbocycles. The van der Waals surface area contributed by atoms with Crippen molar-refractivity contribution in [2.75, 3.05) is 18.0 Å². The van der Waals surface area contributed by atoms with Crippen LogP contribution in [0.4, 0.5) is 5.13 Å². The minimum absolute atomic E-state index is 0. The molecule has 5 rings (SSSR count). The van der Waals surface area contributed by atoms with Crippen LogP contribution in [0.15, 0.2) is 42.5 Å². The van der Waals surface area contributed by atoms with Crippen LogP contribution in [0.1, 0.15) is 50.7 Å². The lowest BCUT2D eigenvalue weighted by molar-refractivity contribution is 0.0835. The molecule has 3 aromatic rings. The number of thiazole rings is 1. The highest BCUT2D eigenvalue weighted by Crippen LogP contribution is 2.42. The lowest BCUT2D eigenvalue weighted by Crippen LogP contribution is -2.58. The molecule has 2 aliphatic heterocycles. The minimum Gasteiger partial charge on any atom is -0.488 e. The second-order valence-electron chi connectivity index (χ2n) is 9.39. The fourth-order valence-electron chi connectivity index (χ4n) is 5.05. The Morgan fingerprint density at radius 3 is 2.50 bits per heavy atom. The highest BCUT2D eigenvalue weighted by molar-refractivity contribution is 7.22. The van der Waals surface area contributed by atoms with Crippen molar-refractivity contribution < 1.29 is 4.74 Å². The zero-order valence-corrected chi connectivity index (χ0v) is 21.4. The van der Waals surface area contributed by atoms with Crippen molar-refractivity contribution in [3.63, 3.8) is 0 Å². The van der Waals surface area contributed by atoms with E-state index >= 15 is 0 Å². The number of halogens is 2. The number of aromatic nitrogens is 1. The molecule has 1 aromatic heterocycles. The molecule has 1 fully saturated rings. The average molecular weight is 495 g/mol. The molecule has 2 unspecified atom stereocenters. The molecule has 2 N–H and O–H groups in total. The number of rotatable bonds is 4. The first-order valence-electron chi connectivity index (χ1n) is 11.1. The van der Waals surface area contributed by atoms with Gasteiger partial charge in [-0.2, -0.15) is 0 Å². The van der Waals surface area contributed by atoms with Gasteiger partial charge < -0.3 is 15.4 Å². The van der Waals surface area contributed by atoms with Gasteiger partial charge in [0.2, 0.25) is 0 Å². The third-order valence-electron chi connectivity index (χ3n) is 7.04. The summed E-state index contributed by atoms with van der Waals surface area (Å²) in [5.74, 6) is 1.99. The summed E-state index contributed by atoms with van der Waals surface area (Å²) in [5.41, 5.74) is 10.4. The fourth-order valence-corrected chi connectivity index (χ4v) is 6.06. The zero-order valence-electron chi connectivity index (χ0n) is 18.9. The maximum atomic E-state index is 6.99. The van der Waals surface area contributed by atoms with Gasteiger partial charge >= 0.3 is 0 Å². The van der Waals surface area contributed by atoms with Crippen LogP contribution in [0.3, 0.4) is 0 Å². The normalized spacial score (nSPS) is 20.3. The monoisotopic (exact) mass is 493 g/mol. The van der Waals surface area contributed by atoms with Crippen LogP contribution < -0.4 is 15.4 Å². The number of para-hydroxylation sites is 2. The van der Waals surface area contributed by atoms with Crippen LogP contribution in [0, 0.1) is 5.92 Å². The number of fused-ring (bicyclic) bond motifs is 2. The predicted molar refractivity (Wildman–Crippen MR) is 140 cm³/mol. The van der Waals surface area contributed by atoms with E-state index in [-0.39, 0.29) is 36.5 Å². The Morgan fingerprint density at radius 1 is 1.09 bits per heavy atom. The second kappa shape index (κ2) is 9.76. The summed E-state index contributed by atoms with van der Waals surface area (Å²) in [7, 11) is 0. The number of anilines is 1. The first-order chi connectivity index (χ1) is 14.4. The van der Waals surface area contributed by atoms with Crippen molar-refractivity contribution in [1.82, 2.24) is 4.98 Å². The van der Waals surface area contributed by atoms with Crippen LogP contribution in [-0.2, 0) is 6.42 Å². The molecule has 32 heavy (non-hydrogen) atoms. The number of ether oxygens (including phenoxy) is 1. The molecule has 0 spiro atoms. The first-order valence-corrected chi connectivity index (χ1v) is 11.9. The summed E-state index contributed by atoms with van der Waals surface area (Å²) in [6.07, 6.45) is 3.12. The van der Waals surface area contributed by atoms with Gasteiger partial charge in [-0.1, -0.05) is 55.5 Å². The largest absolute Gasteiger partial charge is 0.488 e. The topological polar surface area (TPSA) is 51.4 Å². The lowest BCUT2D eigenvalue weighted by atomic mass is 9.75. The maximum Gasteiger partial charge on any atom is 0.186 e. The van der Waals surface area contributed by atoms with E-state index in [0.717, 1.165) is 48.7 Å². The van der Waals surface area contributed by atoms with E-state index < -0.39 is 0 Å². The summed E-state index contributed by atoms with van der Waals surface area (Å²) in [6.45, 7) is 8.68. The molecule has 2 aliphatic rings. The Bertz CT molecular complexity index is 1030. The molecule has 3 heterocycles. The lowest BCUT2D eigenvalue weighted by Gasteiger charge is -2.43. The summed E-state index contributed by atoms with van der Waals surface area (Å²) < 4.78 is 7.78. The van der Waals surface area contributed by atoms with Crippen LogP contribution >= 0.6 is 36.2 Å². The van der Waals surface area contributed by atoms with Crippen LogP contribution in [0.2, 0.25) is 0 Å². The van der Waals surface area contributed by atoms with Gasteiger partial charge in [0.1, 0.15) is 11.9 Å². The molecule has 0 bridgehead atoms. The number of piperidine rings is 1. The van der Waals surface area contributed by atoms with Crippen molar-refractivity contribution in [3.05, 3.63) is 53.6 Å². The van der Waals surface area contributed by atoms with Gasteiger partial charge in [-0.25, -0.2) is 4.98 Å². The Hall–Kier alpha value is -1.53. The number of nitrogens with two attached hydrogens (primary N) is 1. The zero-order chi connectivity index (χ0) is 20.9. The molecule has 4 nitrogen and oxygen atoms in total. The summed E-state index contributed by atoms with van der Waals surface area (Å²) >= 11 is 1.79. The highest BCUT2D eigenvalue weighted by Gasteiger charge is 2.44. The summed E-state index contributed by atoms with van der Waals surface area (Å²) in [5, 5.41) is 1.14. The van der Waals surface area contributed by atoms with Gasteiger partial charge in [0, 0.05) is 19.5 Å². The van der Waals surface area contributed by atoms with Gasteiger partial charge in [-0.15, -0.1) is 24.8 Å². The molecular weight excluding hydrogens is 461 g/mol. The molecule has 0 amide bonds. The van der Waals surface area contributed by atoms with E-state index in [9.17, 15) is 0 Å². The third kappa shape index (κ3) is 4.45. The van der Waals surface area contributed by atoms with Crippen molar-refractivity contribution >= 4 is 51.5 Å². The van der Waals surface area contributed by atoms with E-state index in [1.165, 1.54) is 15.8 Å². The number of hydrogen-bond acceptors (Lipinski definition) is 5. The van der Waals surface area contributed by atoms with E-state index in [4.69, 9.17) is 15.5 Å². The molecule has 7 heteroatoms. The SMILES string of the molecule is CC(C)c1cccc2c1OC(C(C)(N)C1CCN(c3nc4ccccc4s3)CC1)C2.Cl.Cl. The molecular formula is C25H33Cl2N3OS. The highest BCUT2D eigenvalue weighted by atomic mass is 35.5. The van der Waals surface area contributed by atoms with E-state index in [0.29, 0.717) is 11.8 Å². The van der Waals surface area contributed by atoms with Crippen molar-refractivity contribution in [3.8, 4) is 5.75 Å². The molecule has 2 aromatic carbocycles. The molecule has 2 atom stereocenters. The number of nitrogens with zero attached hydrogens (tertiary/aromatic N) is 2. The van der Waals surface area contributed by atoms with Crippen LogP contribution in [0.25, 0.3) is 10.2 Å². The Kier molecular flexibility index (Phi) is 7.66. The molecule has 0 saturated carbocycles. The minimum atomic E-state index is -0.340. The smallest absolute Gasteiger partial charge is 0.186 e. The molecule has 0 radical (unpaired) electrons. The van der Waals surface area contributed by atoms with Crippen molar-refractivity contribution in [1.29, 1.82) is 0 Å². The summed E-state index contributed by atoms with van der Waals surface area (Å²) in [6, 6.07) is 14.9. The van der Waals surface area contributed by atoms with Crippen molar-refractivity contribution in [2.24, 2.45) is 11.7 Å².